The normalized spacial score (nSPS) is 13.5. The lowest BCUT2D eigenvalue weighted by atomic mass is 10.2. The predicted molar refractivity (Wildman–Crippen MR) is 50.4 cm³/mol. The largest absolute Gasteiger partial charge is 0.478 e. The van der Waals surface area contributed by atoms with E-state index in [9.17, 15) is 4.79 Å². The van der Waals surface area contributed by atoms with Crippen LogP contribution in [0.1, 0.15) is 6.92 Å². The summed E-state index contributed by atoms with van der Waals surface area (Å²) in [5.41, 5.74) is 0. The van der Waals surface area contributed by atoms with E-state index in [0.29, 0.717) is 5.75 Å². The van der Waals surface area contributed by atoms with Crippen LogP contribution in [0.25, 0.3) is 0 Å². The second-order valence-electron chi connectivity index (χ2n) is 2.57. The SMILES string of the molecule is CC(CO)CSC/C=C/C(=O)O. The highest BCUT2D eigenvalue weighted by Crippen LogP contribution is 2.07. The molecular weight excluding hydrogens is 176 g/mol. The summed E-state index contributed by atoms with van der Waals surface area (Å²) in [6.45, 7) is 2.14. The number of hydrogen-bond acceptors (Lipinski definition) is 3. The van der Waals surface area contributed by atoms with E-state index in [1.54, 1.807) is 17.8 Å². The lowest BCUT2D eigenvalue weighted by molar-refractivity contribution is -0.131. The highest BCUT2D eigenvalue weighted by atomic mass is 32.2. The van der Waals surface area contributed by atoms with Crippen molar-refractivity contribution in [1.82, 2.24) is 0 Å². The first-order chi connectivity index (χ1) is 5.66. The average Bonchev–Trinajstić information content (AvgIpc) is 2.03. The topological polar surface area (TPSA) is 57.5 Å². The molecule has 0 aromatic carbocycles. The molecule has 0 saturated carbocycles. The van der Waals surface area contributed by atoms with Crippen LogP contribution in [0.3, 0.4) is 0 Å². The summed E-state index contributed by atoms with van der Waals surface area (Å²) in [5, 5.41) is 16.9. The lowest BCUT2D eigenvalue weighted by Gasteiger charge is -2.04. The van der Waals surface area contributed by atoms with Gasteiger partial charge in [0, 0.05) is 18.4 Å². The molecule has 0 fully saturated rings. The van der Waals surface area contributed by atoms with E-state index in [4.69, 9.17) is 10.2 Å². The Hall–Kier alpha value is -0.480. The van der Waals surface area contributed by atoms with Crippen molar-refractivity contribution in [1.29, 1.82) is 0 Å². The Morgan fingerprint density at radius 1 is 1.67 bits per heavy atom. The molecule has 0 rings (SSSR count). The maximum Gasteiger partial charge on any atom is 0.328 e. The molecule has 0 aromatic rings. The quantitative estimate of drug-likeness (QED) is 0.484. The smallest absolute Gasteiger partial charge is 0.328 e. The van der Waals surface area contributed by atoms with E-state index in [-0.39, 0.29) is 12.5 Å². The molecule has 70 valence electrons. The maximum absolute atomic E-state index is 10.0. The number of rotatable bonds is 6. The van der Waals surface area contributed by atoms with Gasteiger partial charge in [-0.1, -0.05) is 13.0 Å². The van der Waals surface area contributed by atoms with E-state index >= 15 is 0 Å². The van der Waals surface area contributed by atoms with Crippen LogP contribution < -0.4 is 0 Å². The van der Waals surface area contributed by atoms with Crippen LogP contribution in [0.2, 0.25) is 0 Å². The minimum Gasteiger partial charge on any atom is -0.478 e. The molecule has 0 bridgehead atoms. The number of carboxylic acids is 1. The van der Waals surface area contributed by atoms with Gasteiger partial charge in [-0.3, -0.25) is 0 Å². The Morgan fingerprint density at radius 3 is 2.83 bits per heavy atom. The van der Waals surface area contributed by atoms with Gasteiger partial charge in [0.05, 0.1) is 0 Å². The molecule has 3 nitrogen and oxygen atoms in total. The fourth-order valence-electron chi connectivity index (χ4n) is 0.539. The number of aliphatic hydroxyl groups excluding tert-OH is 1. The van der Waals surface area contributed by atoms with Crippen molar-refractivity contribution in [3.63, 3.8) is 0 Å². The number of hydrogen-bond donors (Lipinski definition) is 2. The standard InChI is InChI=1S/C8H14O3S/c1-7(5-9)6-12-4-2-3-8(10)11/h2-3,7,9H,4-6H2,1H3,(H,10,11)/b3-2+. The molecule has 0 aliphatic rings. The van der Waals surface area contributed by atoms with Gasteiger partial charge in [0.15, 0.2) is 0 Å². The predicted octanol–water partition coefficient (Wildman–Crippen LogP) is 0.989. The van der Waals surface area contributed by atoms with Gasteiger partial charge in [-0.25, -0.2) is 4.79 Å². The molecular formula is C8H14O3S. The Kier molecular flexibility index (Phi) is 6.90. The first-order valence-corrected chi connectivity index (χ1v) is 4.90. The summed E-state index contributed by atoms with van der Waals surface area (Å²) < 4.78 is 0. The maximum atomic E-state index is 10.0. The molecule has 0 heterocycles. The zero-order valence-corrected chi connectivity index (χ0v) is 7.88. The van der Waals surface area contributed by atoms with Gasteiger partial charge in [-0.15, -0.1) is 0 Å². The fraction of sp³-hybridized carbons (Fsp3) is 0.625. The van der Waals surface area contributed by atoms with Crippen molar-refractivity contribution in [3.8, 4) is 0 Å². The molecule has 1 atom stereocenters. The first kappa shape index (κ1) is 11.5. The highest BCUT2D eigenvalue weighted by Gasteiger charge is 1.97. The van der Waals surface area contributed by atoms with Crippen LogP contribution >= 0.6 is 11.8 Å². The molecule has 0 amide bonds. The van der Waals surface area contributed by atoms with Crippen LogP contribution in [0.15, 0.2) is 12.2 Å². The van der Waals surface area contributed by atoms with Crippen molar-refractivity contribution in [2.45, 2.75) is 6.92 Å². The summed E-state index contributed by atoms with van der Waals surface area (Å²) in [5.74, 6) is 0.927. The molecule has 0 aromatic heterocycles. The molecule has 0 radical (unpaired) electrons. The van der Waals surface area contributed by atoms with Gasteiger partial charge in [0.25, 0.3) is 0 Å². The van der Waals surface area contributed by atoms with Crippen LogP contribution in [-0.2, 0) is 4.79 Å². The zero-order valence-electron chi connectivity index (χ0n) is 7.06. The number of thioether (sulfide) groups is 1. The molecule has 0 spiro atoms. The summed E-state index contributed by atoms with van der Waals surface area (Å²) in [4.78, 5) is 10.0. The van der Waals surface area contributed by atoms with E-state index in [2.05, 4.69) is 0 Å². The number of aliphatic carboxylic acids is 1. The summed E-state index contributed by atoms with van der Waals surface area (Å²) in [6, 6.07) is 0. The van der Waals surface area contributed by atoms with Crippen molar-refractivity contribution >= 4 is 17.7 Å². The minimum atomic E-state index is -0.911. The Balaban J connectivity index is 3.26. The van der Waals surface area contributed by atoms with Crippen molar-refractivity contribution in [3.05, 3.63) is 12.2 Å². The molecule has 2 N–H and O–H groups in total. The van der Waals surface area contributed by atoms with Crippen molar-refractivity contribution in [2.24, 2.45) is 5.92 Å². The zero-order chi connectivity index (χ0) is 9.40. The van der Waals surface area contributed by atoms with Gasteiger partial charge in [-0.2, -0.15) is 11.8 Å². The van der Waals surface area contributed by atoms with E-state index in [1.807, 2.05) is 6.92 Å². The molecule has 4 heteroatoms. The van der Waals surface area contributed by atoms with Crippen LogP contribution in [0.5, 0.6) is 0 Å². The average molecular weight is 190 g/mol. The third-order valence-corrected chi connectivity index (χ3v) is 2.42. The summed E-state index contributed by atoms with van der Waals surface area (Å²) in [6.07, 6.45) is 2.74. The monoisotopic (exact) mass is 190 g/mol. The Bertz CT molecular complexity index is 156. The molecule has 0 saturated heterocycles. The number of aliphatic hydroxyl groups is 1. The van der Waals surface area contributed by atoms with E-state index in [1.165, 1.54) is 0 Å². The third kappa shape index (κ3) is 7.63. The first-order valence-electron chi connectivity index (χ1n) is 3.75. The van der Waals surface area contributed by atoms with Crippen molar-refractivity contribution in [2.75, 3.05) is 18.1 Å². The van der Waals surface area contributed by atoms with Gasteiger partial charge in [0.1, 0.15) is 0 Å². The minimum absolute atomic E-state index is 0.190. The van der Waals surface area contributed by atoms with E-state index < -0.39 is 5.97 Å². The Morgan fingerprint density at radius 2 is 2.33 bits per heavy atom. The van der Waals surface area contributed by atoms with Gasteiger partial charge >= 0.3 is 5.97 Å². The second kappa shape index (κ2) is 7.18. The number of carbonyl (C=O) groups is 1. The molecule has 0 aliphatic heterocycles. The van der Waals surface area contributed by atoms with Crippen LogP contribution in [0.4, 0.5) is 0 Å². The Labute approximate surface area is 76.5 Å². The second-order valence-corrected chi connectivity index (χ2v) is 3.64. The highest BCUT2D eigenvalue weighted by molar-refractivity contribution is 7.99. The number of carboxylic acid groups (broad SMARTS) is 1. The van der Waals surface area contributed by atoms with E-state index in [0.717, 1.165) is 11.8 Å². The molecule has 12 heavy (non-hydrogen) atoms. The van der Waals surface area contributed by atoms with Crippen molar-refractivity contribution < 1.29 is 15.0 Å². The molecule has 0 aliphatic carbocycles. The van der Waals surface area contributed by atoms with Gasteiger partial charge in [-0.05, 0) is 11.7 Å². The lowest BCUT2D eigenvalue weighted by Crippen LogP contribution is -2.03. The van der Waals surface area contributed by atoms with Crippen LogP contribution in [-0.4, -0.2) is 34.3 Å². The molecule has 1 unspecified atom stereocenters. The van der Waals surface area contributed by atoms with Crippen LogP contribution in [0, 0.1) is 5.92 Å². The van der Waals surface area contributed by atoms with Gasteiger partial charge in [0.2, 0.25) is 0 Å². The van der Waals surface area contributed by atoms with Gasteiger partial charge < -0.3 is 10.2 Å². The summed E-state index contributed by atoms with van der Waals surface area (Å²) >= 11 is 1.62. The fourth-order valence-corrected chi connectivity index (χ4v) is 1.42. The summed E-state index contributed by atoms with van der Waals surface area (Å²) in [7, 11) is 0. The third-order valence-electron chi connectivity index (χ3n) is 1.19.